The Morgan fingerprint density at radius 2 is 2.04 bits per heavy atom. The number of hydrogen-bond donors (Lipinski definition) is 1. The Morgan fingerprint density at radius 3 is 2.70 bits per heavy atom. The summed E-state index contributed by atoms with van der Waals surface area (Å²) < 4.78 is 18.3. The van der Waals surface area contributed by atoms with E-state index in [1.807, 2.05) is 0 Å². The SMILES string of the molecule is COC(=O)c1c(CC(=O)N2CCCc3cc(F)ccc32)[nH]c(C(C)=O)c1C. The summed E-state index contributed by atoms with van der Waals surface area (Å²) in [5, 5.41) is 0. The number of esters is 1. The van der Waals surface area contributed by atoms with Gasteiger partial charge < -0.3 is 14.6 Å². The van der Waals surface area contributed by atoms with Gasteiger partial charge >= 0.3 is 5.97 Å². The molecule has 2 heterocycles. The minimum atomic E-state index is -0.597. The van der Waals surface area contributed by atoms with E-state index in [1.165, 1.54) is 26.2 Å². The summed E-state index contributed by atoms with van der Waals surface area (Å²) in [5.41, 5.74) is 2.80. The molecule has 0 atom stereocenters. The predicted molar refractivity (Wildman–Crippen MR) is 97.7 cm³/mol. The third-order valence-corrected chi connectivity index (χ3v) is 4.86. The molecule has 0 aliphatic carbocycles. The highest BCUT2D eigenvalue weighted by atomic mass is 19.1. The predicted octanol–water partition coefficient (Wildman–Crippen LogP) is 2.97. The Balaban J connectivity index is 1.95. The first-order valence-corrected chi connectivity index (χ1v) is 8.73. The van der Waals surface area contributed by atoms with Crippen LogP contribution in [-0.2, 0) is 22.4 Å². The zero-order valence-electron chi connectivity index (χ0n) is 15.5. The Morgan fingerprint density at radius 1 is 1.30 bits per heavy atom. The summed E-state index contributed by atoms with van der Waals surface area (Å²) in [6.07, 6.45) is 1.35. The van der Waals surface area contributed by atoms with Crippen LogP contribution in [0, 0.1) is 12.7 Å². The van der Waals surface area contributed by atoms with E-state index < -0.39 is 5.97 Å². The Kier molecular flexibility index (Phi) is 5.12. The lowest BCUT2D eigenvalue weighted by Crippen LogP contribution is -2.37. The highest BCUT2D eigenvalue weighted by Crippen LogP contribution is 2.29. The van der Waals surface area contributed by atoms with Gasteiger partial charge in [0.25, 0.3) is 0 Å². The number of nitrogens with zero attached hydrogens (tertiary/aromatic N) is 1. The highest BCUT2D eigenvalue weighted by Gasteiger charge is 2.28. The van der Waals surface area contributed by atoms with Crippen LogP contribution in [0.2, 0.25) is 0 Å². The average molecular weight is 372 g/mol. The summed E-state index contributed by atoms with van der Waals surface area (Å²) in [7, 11) is 1.25. The zero-order chi connectivity index (χ0) is 19.7. The van der Waals surface area contributed by atoms with Crippen LogP contribution >= 0.6 is 0 Å². The number of aromatic nitrogens is 1. The smallest absolute Gasteiger partial charge is 0.339 e. The second kappa shape index (κ2) is 7.34. The minimum absolute atomic E-state index is 0.0879. The largest absolute Gasteiger partial charge is 0.465 e. The van der Waals surface area contributed by atoms with Gasteiger partial charge in [0, 0.05) is 24.8 Å². The lowest BCUT2D eigenvalue weighted by molar-refractivity contribution is -0.118. The number of Topliss-reactive ketones (excluding diaryl/α,β-unsaturated/α-hetero) is 1. The van der Waals surface area contributed by atoms with E-state index in [9.17, 15) is 18.8 Å². The van der Waals surface area contributed by atoms with Crippen molar-refractivity contribution in [2.24, 2.45) is 0 Å². The van der Waals surface area contributed by atoms with Crippen LogP contribution < -0.4 is 4.90 Å². The fourth-order valence-corrected chi connectivity index (χ4v) is 3.59. The van der Waals surface area contributed by atoms with E-state index in [0.717, 1.165) is 12.0 Å². The van der Waals surface area contributed by atoms with Gasteiger partial charge in [-0.2, -0.15) is 0 Å². The molecule has 1 aromatic heterocycles. The van der Waals surface area contributed by atoms with E-state index in [0.29, 0.717) is 35.6 Å². The number of benzene rings is 1. The molecule has 1 aliphatic rings. The molecule has 0 unspecified atom stereocenters. The van der Waals surface area contributed by atoms with Crippen LogP contribution in [0.3, 0.4) is 0 Å². The number of fused-ring (bicyclic) bond motifs is 1. The standard InChI is InChI=1S/C20H21FN2O4/c1-11-18(20(26)27-3)15(22-19(11)12(2)24)10-17(25)23-8-4-5-13-9-14(21)6-7-16(13)23/h6-7,9,22H,4-5,8,10H2,1-3H3. The van der Waals surface area contributed by atoms with Gasteiger partial charge in [0.2, 0.25) is 5.91 Å². The lowest BCUT2D eigenvalue weighted by atomic mass is 10.0. The maximum atomic E-state index is 13.5. The summed E-state index contributed by atoms with van der Waals surface area (Å²) in [6.45, 7) is 3.55. The molecular weight excluding hydrogens is 351 g/mol. The van der Waals surface area contributed by atoms with Crippen molar-refractivity contribution in [2.45, 2.75) is 33.1 Å². The number of ketones is 1. The van der Waals surface area contributed by atoms with Crippen molar-refractivity contribution < 1.29 is 23.5 Å². The number of halogens is 1. The Bertz CT molecular complexity index is 932. The molecule has 0 saturated carbocycles. The van der Waals surface area contributed by atoms with Crippen molar-refractivity contribution in [3.8, 4) is 0 Å². The average Bonchev–Trinajstić information content (AvgIpc) is 2.96. The van der Waals surface area contributed by atoms with Crippen molar-refractivity contribution in [1.82, 2.24) is 4.98 Å². The minimum Gasteiger partial charge on any atom is -0.465 e. The molecule has 27 heavy (non-hydrogen) atoms. The van der Waals surface area contributed by atoms with Crippen molar-refractivity contribution in [2.75, 3.05) is 18.6 Å². The maximum absolute atomic E-state index is 13.5. The van der Waals surface area contributed by atoms with Gasteiger partial charge in [-0.05, 0) is 49.1 Å². The number of methoxy groups -OCH3 is 1. The topological polar surface area (TPSA) is 79.5 Å². The van der Waals surface area contributed by atoms with Gasteiger partial charge in [-0.25, -0.2) is 9.18 Å². The summed E-state index contributed by atoms with van der Waals surface area (Å²) in [5.74, 6) is -1.39. The number of hydrogen-bond acceptors (Lipinski definition) is 4. The molecule has 142 valence electrons. The number of anilines is 1. The molecule has 7 heteroatoms. The molecule has 3 rings (SSSR count). The van der Waals surface area contributed by atoms with E-state index >= 15 is 0 Å². The van der Waals surface area contributed by atoms with E-state index in [4.69, 9.17) is 4.74 Å². The lowest BCUT2D eigenvalue weighted by Gasteiger charge is -2.29. The fourth-order valence-electron chi connectivity index (χ4n) is 3.59. The van der Waals surface area contributed by atoms with Crippen molar-refractivity contribution >= 4 is 23.3 Å². The number of carbonyl (C=O) groups is 3. The Labute approximate surface area is 156 Å². The summed E-state index contributed by atoms with van der Waals surface area (Å²) in [4.78, 5) is 41.4. The summed E-state index contributed by atoms with van der Waals surface area (Å²) in [6, 6.07) is 4.38. The quantitative estimate of drug-likeness (QED) is 0.661. The molecule has 0 spiro atoms. The third kappa shape index (κ3) is 3.49. The number of aromatic amines is 1. The molecule has 0 radical (unpaired) electrons. The van der Waals surface area contributed by atoms with Gasteiger partial charge in [-0.15, -0.1) is 0 Å². The molecule has 1 N–H and O–H groups in total. The second-order valence-electron chi connectivity index (χ2n) is 6.63. The van der Waals surface area contributed by atoms with E-state index in [-0.39, 0.29) is 29.5 Å². The van der Waals surface area contributed by atoms with Gasteiger partial charge in [0.1, 0.15) is 5.82 Å². The number of rotatable bonds is 4. The number of carbonyl (C=O) groups excluding carboxylic acids is 3. The number of H-pyrrole nitrogens is 1. The molecular formula is C20H21FN2O4. The monoisotopic (exact) mass is 372 g/mol. The van der Waals surface area contributed by atoms with Crippen molar-refractivity contribution in [1.29, 1.82) is 0 Å². The number of ether oxygens (including phenoxy) is 1. The third-order valence-electron chi connectivity index (χ3n) is 4.86. The molecule has 1 aromatic carbocycles. The molecule has 1 aliphatic heterocycles. The number of amides is 1. The van der Waals surface area contributed by atoms with Gasteiger partial charge in [-0.1, -0.05) is 0 Å². The van der Waals surface area contributed by atoms with Crippen LogP contribution in [-0.4, -0.2) is 36.3 Å². The zero-order valence-corrected chi connectivity index (χ0v) is 15.5. The van der Waals surface area contributed by atoms with Crippen LogP contribution in [0.4, 0.5) is 10.1 Å². The maximum Gasteiger partial charge on any atom is 0.339 e. The Hall–Kier alpha value is -2.96. The van der Waals surface area contributed by atoms with Gasteiger partial charge in [0.15, 0.2) is 5.78 Å². The van der Waals surface area contributed by atoms with E-state index in [1.54, 1.807) is 17.9 Å². The van der Waals surface area contributed by atoms with Gasteiger partial charge in [-0.3, -0.25) is 9.59 Å². The fraction of sp³-hybridized carbons (Fsp3) is 0.350. The normalized spacial score (nSPS) is 13.3. The van der Waals surface area contributed by atoms with E-state index in [2.05, 4.69) is 4.98 Å². The van der Waals surface area contributed by atoms with Crippen LogP contribution in [0.25, 0.3) is 0 Å². The summed E-state index contributed by atoms with van der Waals surface area (Å²) >= 11 is 0. The molecule has 0 bridgehead atoms. The highest BCUT2D eigenvalue weighted by molar-refractivity contribution is 6.03. The first-order chi connectivity index (χ1) is 12.8. The van der Waals surface area contributed by atoms with Gasteiger partial charge in [0.05, 0.1) is 24.8 Å². The molecule has 1 amide bonds. The van der Waals surface area contributed by atoms with Crippen LogP contribution in [0.5, 0.6) is 0 Å². The van der Waals surface area contributed by atoms with Crippen molar-refractivity contribution in [3.05, 3.63) is 52.1 Å². The number of aryl methyl sites for hydroxylation is 1. The van der Waals surface area contributed by atoms with Crippen LogP contribution in [0.15, 0.2) is 18.2 Å². The van der Waals surface area contributed by atoms with Crippen LogP contribution in [0.1, 0.15) is 51.0 Å². The number of nitrogens with one attached hydrogen (secondary N) is 1. The second-order valence-corrected chi connectivity index (χ2v) is 6.63. The first-order valence-electron chi connectivity index (χ1n) is 8.73. The first kappa shape index (κ1) is 18.8. The molecule has 2 aromatic rings. The molecule has 6 nitrogen and oxygen atoms in total. The molecule has 0 fully saturated rings. The van der Waals surface area contributed by atoms with Crippen molar-refractivity contribution in [3.63, 3.8) is 0 Å². The molecule has 0 saturated heterocycles.